The molecule has 1 aliphatic heterocycles. The molecule has 3 aromatic rings. The number of piperazine rings is 1. The third-order valence-electron chi connectivity index (χ3n) is 5.21. The van der Waals surface area contributed by atoms with Crippen molar-refractivity contribution in [1.29, 1.82) is 0 Å². The predicted molar refractivity (Wildman–Crippen MR) is 109 cm³/mol. The standard InChI is InChI=1S/C23H23FN2O3/c24-21-9-5-4-6-18(21)16-29-23-17-28-20(14-22(23)27)15-25-10-12-26(13-11-25)19-7-2-1-3-8-19/h1-9,14,17H,10-13,15-16H2/p+1. The highest BCUT2D eigenvalue weighted by atomic mass is 19.1. The molecule has 0 radical (unpaired) electrons. The lowest BCUT2D eigenvalue weighted by atomic mass is 10.2. The zero-order valence-corrected chi connectivity index (χ0v) is 16.1. The van der Waals surface area contributed by atoms with E-state index in [2.05, 4.69) is 29.2 Å². The third-order valence-corrected chi connectivity index (χ3v) is 5.21. The molecule has 0 spiro atoms. The molecule has 6 heteroatoms. The molecule has 2 aromatic carbocycles. The number of nitrogens with zero attached hydrogens (tertiary/aromatic N) is 1. The van der Waals surface area contributed by atoms with Gasteiger partial charge in [0.1, 0.15) is 25.2 Å². The van der Waals surface area contributed by atoms with E-state index in [0.29, 0.717) is 17.9 Å². The van der Waals surface area contributed by atoms with E-state index >= 15 is 0 Å². The van der Waals surface area contributed by atoms with Gasteiger partial charge in [0.05, 0.1) is 26.2 Å². The summed E-state index contributed by atoms with van der Waals surface area (Å²) in [6.07, 6.45) is 1.33. The molecule has 0 saturated carbocycles. The van der Waals surface area contributed by atoms with Crippen molar-refractivity contribution in [3.8, 4) is 5.75 Å². The molecule has 0 atom stereocenters. The van der Waals surface area contributed by atoms with Gasteiger partial charge in [-0.1, -0.05) is 36.4 Å². The maximum Gasteiger partial charge on any atom is 0.227 e. The van der Waals surface area contributed by atoms with Crippen molar-refractivity contribution in [2.24, 2.45) is 0 Å². The number of nitrogens with one attached hydrogen (secondary N) is 1. The molecular formula is C23H24FN2O3+. The Kier molecular flexibility index (Phi) is 5.91. The van der Waals surface area contributed by atoms with Crippen LogP contribution in [0.1, 0.15) is 11.3 Å². The van der Waals surface area contributed by atoms with Crippen LogP contribution < -0.4 is 20.0 Å². The minimum Gasteiger partial charge on any atom is -0.482 e. The van der Waals surface area contributed by atoms with Gasteiger partial charge in [-0.2, -0.15) is 0 Å². The van der Waals surface area contributed by atoms with Gasteiger partial charge in [0.2, 0.25) is 11.2 Å². The van der Waals surface area contributed by atoms with Crippen LogP contribution in [0.2, 0.25) is 0 Å². The number of hydrogen-bond donors (Lipinski definition) is 1. The van der Waals surface area contributed by atoms with Crippen LogP contribution in [0.15, 0.2) is 76.1 Å². The second-order valence-electron chi connectivity index (χ2n) is 7.20. The van der Waals surface area contributed by atoms with E-state index in [1.165, 1.54) is 29.0 Å². The highest BCUT2D eigenvalue weighted by Crippen LogP contribution is 2.13. The normalized spacial score (nSPS) is 14.7. The summed E-state index contributed by atoms with van der Waals surface area (Å²) in [5.41, 5.74) is 1.40. The minimum absolute atomic E-state index is 0.0104. The maximum absolute atomic E-state index is 13.7. The summed E-state index contributed by atoms with van der Waals surface area (Å²) in [6.45, 7) is 4.53. The summed E-state index contributed by atoms with van der Waals surface area (Å²) >= 11 is 0. The van der Waals surface area contributed by atoms with E-state index in [1.54, 1.807) is 18.2 Å². The lowest BCUT2D eigenvalue weighted by Crippen LogP contribution is -3.13. The molecule has 1 N–H and O–H groups in total. The minimum atomic E-state index is -0.355. The predicted octanol–water partition coefficient (Wildman–Crippen LogP) is 2.26. The molecule has 150 valence electrons. The Morgan fingerprint density at radius 2 is 1.76 bits per heavy atom. The van der Waals surface area contributed by atoms with Crippen LogP contribution in [0, 0.1) is 5.82 Å². The first-order valence-corrected chi connectivity index (χ1v) is 9.80. The first-order chi connectivity index (χ1) is 14.2. The van der Waals surface area contributed by atoms with Crippen LogP contribution in [0.4, 0.5) is 10.1 Å². The second kappa shape index (κ2) is 8.92. The SMILES string of the molecule is O=c1cc(C[NH+]2CCN(c3ccccc3)CC2)occ1OCc1ccccc1F. The Morgan fingerprint density at radius 1 is 1.03 bits per heavy atom. The fourth-order valence-electron chi connectivity index (χ4n) is 3.55. The number of quaternary nitrogens is 1. The number of ether oxygens (including phenoxy) is 1. The van der Waals surface area contributed by atoms with Gasteiger partial charge in [-0.05, 0) is 18.2 Å². The average molecular weight is 395 g/mol. The molecule has 0 unspecified atom stereocenters. The Hall–Kier alpha value is -3.12. The van der Waals surface area contributed by atoms with Crippen molar-refractivity contribution < 1.29 is 18.4 Å². The van der Waals surface area contributed by atoms with E-state index in [4.69, 9.17) is 9.15 Å². The molecule has 1 fully saturated rings. The molecule has 1 aromatic heterocycles. The van der Waals surface area contributed by atoms with Gasteiger partial charge in [0.15, 0.2) is 5.76 Å². The molecule has 4 rings (SSSR count). The van der Waals surface area contributed by atoms with Crippen LogP contribution in [-0.2, 0) is 13.2 Å². The van der Waals surface area contributed by atoms with Crippen LogP contribution in [0.25, 0.3) is 0 Å². The first-order valence-electron chi connectivity index (χ1n) is 9.80. The number of anilines is 1. The number of benzene rings is 2. The second-order valence-corrected chi connectivity index (χ2v) is 7.20. The zero-order chi connectivity index (χ0) is 20.1. The first kappa shape index (κ1) is 19.2. The summed E-state index contributed by atoms with van der Waals surface area (Å²) in [6, 6.07) is 18.2. The summed E-state index contributed by atoms with van der Waals surface area (Å²) < 4.78 is 24.7. The monoisotopic (exact) mass is 395 g/mol. The topological polar surface area (TPSA) is 47.1 Å². The van der Waals surface area contributed by atoms with Crippen LogP contribution >= 0.6 is 0 Å². The lowest BCUT2D eigenvalue weighted by Gasteiger charge is -2.33. The summed E-state index contributed by atoms with van der Waals surface area (Å²) in [5, 5.41) is 0. The van der Waals surface area contributed by atoms with E-state index in [1.807, 2.05) is 6.07 Å². The average Bonchev–Trinajstić information content (AvgIpc) is 2.75. The fourth-order valence-corrected chi connectivity index (χ4v) is 3.55. The molecule has 5 nitrogen and oxygen atoms in total. The number of rotatable bonds is 6. The van der Waals surface area contributed by atoms with Crippen molar-refractivity contribution in [2.75, 3.05) is 31.1 Å². The molecule has 0 amide bonds. The summed E-state index contributed by atoms with van der Waals surface area (Å²) in [5.74, 6) is 0.379. The maximum atomic E-state index is 13.7. The molecule has 2 heterocycles. The van der Waals surface area contributed by atoms with Crippen LogP contribution in [0.5, 0.6) is 5.75 Å². The Balaban J connectivity index is 1.32. The van der Waals surface area contributed by atoms with E-state index in [-0.39, 0.29) is 23.6 Å². The highest BCUT2D eigenvalue weighted by molar-refractivity contribution is 5.46. The van der Waals surface area contributed by atoms with Crippen LogP contribution in [-0.4, -0.2) is 26.2 Å². The number of hydrogen-bond acceptors (Lipinski definition) is 4. The van der Waals surface area contributed by atoms with E-state index in [0.717, 1.165) is 26.2 Å². The Bertz CT molecular complexity index is 998. The Labute approximate surface area is 168 Å². The highest BCUT2D eigenvalue weighted by Gasteiger charge is 2.21. The molecule has 0 bridgehead atoms. The van der Waals surface area contributed by atoms with Crippen molar-refractivity contribution in [1.82, 2.24) is 0 Å². The van der Waals surface area contributed by atoms with E-state index < -0.39 is 0 Å². The Morgan fingerprint density at radius 3 is 2.48 bits per heavy atom. The smallest absolute Gasteiger partial charge is 0.227 e. The van der Waals surface area contributed by atoms with Gasteiger partial charge < -0.3 is 19.0 Å². The lowest BCUT2D eigenvalue weighted by molar-refractivity contribution is -0.915. The zero-order valence-electron chi connectivity index (χ0n) is 16.1. The van der Waals surface area contributed by atoms with Gasteiger partial charge in [0.25, 0.3) is 0 Å². The quantitative estimate of drug-likeness (QED) is 0.696. The van der Waals surface area contributed by atoms with Gasteiger partial charge in [0, 0.05) is 17.3 Å². The molecule has 0 aliphatic carbocycles. The van der Waals surface area contributed by atoms with Gasteiger partial charge in [-0.15, -0.1) is 0 Å². The van der Waals surface area contributed by atoms with Crippen molar-refractivity contribution in [2.45, 2.75) is 13.2 Å². The summed E-state index contributed by atoms with van der Waals surface area (Å²) in [4.78, 5) is 16.1. The van der Waals surface area contributed by atoms with Crippen molar-refractivity contribution in [3.05, 3.63) is 94.3 Å². The van der Waals surface area contributed by atoms with Gasteiger partial charge in [-0.3, -0.25) is 4.79 Å². The van der Waals surface area contributed by atoms with E-state index in [9.17, 15) is 9.18 Å². The number of para-hydroxylation sites is 1. The third kappa shape index (κ3) is 4.84. The fraction of sp³-hybridized carbons (Fsp3) is 0.261. The van der Waals surface area contributed by atoms with Crippen molar-refractivity contribution in [3.63, 3.8) is 0 Å². The molecular weight excluding hydrogens is 371 g/mol. The molecule has 1 aliphatic rings. The molecule has 1 saturated heterocycles. The number of halogens is 1. The van der Waals surface area contributed by atoms with Crippen molar-refractivity contribution >= 4 is 5.69 Å². The van der Waals surface area contributed by atoms with Gasteiger partial charge >= 0.3 is 0 Å². The van der Waals surface area contributed by atoms with Crippen LogP contribution in [0.3, 0.4) is 0 Å². The largest absolute Gasteiger partial charge is 0.482 e. The molecule has 29 heavy (non-hydrogen) atoms. The summed E-state index contributed by atoms with van der Waals surface area (Å²) in [7, 11) is 0. The van der Waals surface area contributed by atoms with Gasteiger partial charge in [-0.25, -0.2) is 4.39 Å².